The quantitative estimate of drug-likeness (QED) is 0.0763. The molecule has 0 aliphatic carbocycles. The van der Waals surface area contributed by atoms with E-state index in [1.54, 1.807) is 0 Å². The predicted octanol–water partition coefficient (Wildman–Crippen LogP) is 26.8. The van der Waals surface area contributed by atoms with Gasteiger partial charge in [-0.1, -0.05) is 216 Å². The van der Waals surface area contributed by atoms with Gasteiger partial charge in [-0.15, -0.1) is 0 Å². The molecule has 0 N–H and O–H groups in total. The van der Waals surface area contributed by atoms with Crippen LogP contribution in [0.3, 0.4) is 0 Å². The third-order valence-electron chi connectivity index (χ3n) is 23.9. The molecule has 5 nitrogen and oxygen atoms in total. The summed E-state index contributed by atoms with van der Waals surface area (Å²) in [6, 6.07) is 77.5. The van der Waals surface area contributed by atoms with Crippen molar-refractivity contribution >= 4 is 53.9 Å². The molecule has 0 spiro atoms. The first-order valence-electron chi connectivity index (χ1n) is 44.3. The zero-order valence-corrected chi connectivity index (χ0v) is 77.3. The monoisotopic (exact) mass is 1580 g/mol. The Bertz CT molecular complexity index is 6120. The largest absolute Gasteiger partial charge is 0.220 e. The second-order valence-electron chi connectivity index (χ2n) is 36.5. The molecule has 614 valence electrons. The smallest absolute Gasteiger partial charge is 0.200 e. The molecule has 0 amide bonds. The molecule has 5 heterocycles. The molecule has 0 radical (unpaired) electrons. The van der Waals surface area contributed by atoms with E-state index in [0.29, 0.717) is 29.6 Å². The lowest BCUT2D eigenvalue weighted by atomic mass is 9.91. The van der Waals surface area contributed by atoms with Crippen LogP contribution < -0.4 is 22.8 Å². The van der Waals surface area contributed by atoms with Gasteiger partial charge < -0.3 is 0 Å². The normalized spacial score (nSPS) is 11.4. The summed E-state index contributed by atoms with van der Waals surface area (Å²) < 4.78 is 11.3. The van der Waals surface area contributed by atoms with E-state index >= 15 is 0 Å². The number of aryl methyl sites for hydroxylation is 14. The van der Waals surface area contributed by atoms with Gasteiger partial charge >= 0.3 is 0 Å². The number of aromatic nitrogens is 5. The second kappa shape index (κ2) is 39.9. The van der Waals surface area contributed by atoms with Crippen molar-refractivity contribution in [3.8, 4) is 56.3 Å². The van der Waals surface area contributed by atoms with Crippen LogP contribution in [0, 0.1) is 85.0 Å². The van der Waals surface area contributed by atoms with Crippen LogP contribution >= 0.6 is 0 Å². The second-order valence-corrected chi connectivity index (χ2v) is 36.5. The molecule has 0 saturated heterocycles. The molecule has 0 fully saturated rings. The van der Waals surface area contributed by atoms with Gasteiger partial charge in [-0.05, 0) is 302 Å². The number of benzene rings is 10. The van der Waals surface area contributed by atoms with E-state index in [-0.39, 0.29) is 0 Å². The topological polar surface area (TPSA) is 19.4 Å². The zero-order valence-electron chi connectivity index (χ0n) is 77.3. The van der Waals surface area contributed by atoms with Crippen molar-refractivity contribution in [3.63, 3.8) is 0 Å². The maximum absolute atomic E-state index is 2.39. The average molecular weight is 1580 g/mol. The van der Waals surface area contributed by atoms with E-state index in [2.05, 4.69) is 441 Å². The standard InChI is InChI=1S/C25H32N.2C23H28N.C22H26N.C21H24N/c1-7-19-14-21(8-2)18(5)24(16-19)25-23-10-9-20(13-17(3)4)15-22(23)11-12-26(25)6;1-15(2)11-19-7-8-21-20(14-19)9-10-24(6)23(21)22-13-16(3)12-17(4)18(22)5;1-6-18-8-7-17(4)22(15-18)23-21-10-9-19(13-16(2)3)14-20(21)11-12-24(23)5;1-15(2)12-18-8-9-20-19(14-18)10-11-23(5)22(20)21-13-16(3)6-7-17(21)4;1-15(2)13-17-9-10-20-18(14-17)11-12-22(4)21(20)19-8-6-5-7-16(19)3/h9-12,14-17H,7-8,13H2,1-6H3;7-10,12-15H,11H2,1-6H3;7-12,14-16H,6,13H2,1-5H3;6-11,13-15H,12H2,1-5H3;5-12,14-15H,13H2,1-4H3/q5*+1. The highest BCUT2D eigenvalue weighted by atomic mass is 14.9. The molecule has 15 aromatic rings. The summed E-state index contributed by atoms with van der Waals surface area (Å²) in [6.07, 6.45) is 19.8. The Morgan fingerprint density at radius 3 is 0.866 bits per heavy atom. The SMILES string of the molecule is CCc1cc(CC)c(C)c(-c2c3ccc(CC(C)C)cc3cc[n+]2C)c1.CCc1ccc(C)c(-c2c3ccc(CC(C)C)cc3cc[n+]2C)c1.Cc1cc(C)c(C)c(-c2c3ccc(CC(C)C)cc3cc[n+]2C)c1.Cc1ccc(C)c(-c2c3ccc(CC(C)C)cc3cc[n+]2C)c1.Cc1ccccc1-c1c2ccc(CC(C)C)cc2cc[n+]1C. The summed E-state index contributed by atoms with van der Waals surface area (Å²) in [5, 5.41) is 13.3. The average Bonchev–Trinajstić information content (AvgIpc) is 0.780. The highest BCUT2D eigenvalue weighted by molar-refractivity contribution is 5.98. The highest BCUT2D eigenvalue weighted by Crippen LogP contribution is 2.37. The summed E-state index contributed by atoms with van der Waals surface area (Å²) in [7, 11) is 10.7. The first-order valence-corrected chi connectivity index (χ1v) is 44.3. The van der Waals surface area contributed by atoms with Gasteiger partial charge in [-0.25, -0.2) is 22.8 Å². The first-order chi connectivity index (χ1) is 56.8. The molecule has 15 rings (SSSR count). The van der Waals surface area contributed by atoms with Gasteiger partial charge in [0.1, 0.15) is 35.2 Å². The first kappa shape index (κ1) is 89.0. The van der Waals surface area contributed by atoms with Crippen LogP contribution in [0.5, 0.6) is 0 Å². The van der Waals surface area contributed by atoms with Gasteiger partial charge in [0.05, 0.1) is 38.1 Å². The summed E-state index contributed by atoms with van der Waals surface area (Å²) in [4.78, 5) is 0. The van der Waals surface area contributed by atoms with Gasteiger partial charge in [0.2, 0.25) is 28.5 Å². The summed E-state index contributed by atoms with van der Waals surface area (Å²) >= 11 is 0. The van der Waals surface area contributed by atoms with Gasteiger partial charge in [0, 0.05) is 47.0 Å². The van der Waals surface area contributed by atoms with Crippen LogP contribution in [0.25, 0.3) is 110 Å². The lowest BCUT2D eigenvalue weighted by Gasteiger charge is -2.14. The Morgan fingerprint density at radius 2 is 0.521 bits per heavy atom. The maximum atomic E-state index is 2.39. The van der Waals surface area contributed by atoms with Gasteiger partial charge in [0.15, 0.2) is 31.0 Å². The van der Waals surface area contributed by atoms with Crippen LogP contribution in [0.2, 0.25) is 0 Å². The third-order valence-corrected chi connectivity index (χ3v) is 23.9. The van der Waals surface area contributed by atoms with Gasteiger partial charge in [0.25, 0.3) is 0 Å². The van der Waals surface area contributed by atoms with Crippen molar-refractivity contribution in [3.05, 3.63) is 326 Å². The number of fused-ring (bicyclic) bond motifs is 5. The fourth-order valence-corrected chi connectivity index (χ4v) is 17.7. The molecule has 5 aromatic heterocycles. The molecule has 0 saturated carbocycles. The Kier molecular flexibility index (Phi) is 29.8. The molecule has 0 atom stereocenters. The van der Waals surface area contributed by atoms with Crippen molar-refractivity contribution in [2.75, 3.05) is 0 Å². The zero-order chi connectivity index (χ0) is 85.8. The fraction of sp³-hybridized carbons (Fsp3) is 0.342. The van der Waals surface area contributed by atoms with Crippen molar-refractivity contribution in [2.45, 2.75) is 197 Å². The van der Waals surface area contributed by atoms with Crippen molar-refractivity contribution in [1.82, 2.24) is 0 Å². The van der Waals surface area contributed by atoms with Crippen molar-refractivity contribution in [1.29, 1.82) is 0 Å². The summed E-state index contributed by atoms with van der Waals surface area (Å²) in [6.45, 7) is 47.1. The Labute approximate surface area is 716 Å². The minimum Gasteiger partial charge on any atom is -0.200 e. The lowest BCUT2D eigenvalue weighted by molar-refractivity contribution is -0.659. The van der Waals surface area contributed by atoms with Gasteiger partial charge in [-0.3, -0.25) is 0 Å². The van der Waals surface area contributed by atoms with E-state index in [1.807, 2.05) is 0 Å². The van der Waals surface area contributed by atoms with Crippen molar-refractivity contribution < 1.29 is 22.8 Å². The van der Waals surface area contributed by atoms with Gasteiger partial charge in [-0.2, -0.15) is 0 Å². The van der Waals surface area contributed by atoms with Crippen LogP contribution in [0.1, 0.15) is 179 Å². The Hall–Kier alpha value is -10.8. The molecule has 0 aliphatic rings. The lowest BCUT2D eigenvalue weighted by Crippen LogP contribution is -2.31. The van der Waals surface area contributed by atoms with Crippen molar-refractivity contribution in [2.24, 2.45) is 64.8 Å². The van der Waals surface area contributed by atoms with Crippen LogP contribution in [0.15, 0.2) is 237 Å². The maximum Gasteiger partial charge on any atom is 0.220 e. The highest BCUT2D eigenvalue weighted by Gasteiger charge is 2.25. The summed E-state index contributed by atoms with van der Waals surface area (Å²) in [5.74, 6) is 3.43. The number of rotatable bonds is 18. The number of hydrogen-bond acceptors (Lipinski definition) is 0. The van der Waals surface area contributed by atoms with E-state index in [9.17, 15) is 0 Å². The summed E-state index contributed by atoms with van der Waals surface area (Å²) in [5.41, 5.74) is 35.4. The molecule has 119 heavy (non-hydrogen) atoms. The molecule has 0 bridgehead atoms. The van der Waals surface area contributed by atoms with E-state index in [4.69, 9.17) is 0 Å². The van der Waals surface area contributed by atoms with Crippen LogP contribution in [0.4, 0.5) is 0 Å². The number of nitrogens with zero attached hydrogens (tertiary/aromatic N) is 5. The van der Waals surface area contributed by atoms with E-state index in [1.165, 1.54) is 199 Å². The predicted molar refractivity (Wildman–Crippen MR) is 512 cm³/mol. The third kappa shape index (κ3) is 21.7. The van der Waals surface area contributed by atoms with E-state index < -0.39 is 0 Å². The molecule has 5 heteroatoms. The molecular weight excluding hydrogens is 1440 g/mol. The molecule has 10 aromatic carbocycles. The van der Waals surface area contributed by atoms with Crippen LogP contribution in [-0.2, 0) is 86.6 Å². The fourth-order valence-electron chi connectivity index (χ4n) is 17.7. The molecule has 0 unspecified atom stereocenters. The minimum absolute atomic E-state index is 0.683. The Morgan fingerprint density at radius 1 is 0.227 bits per heavy atom. The number of pyridine rings is 5. The number of hydrogen-bond donors (Lipinski definition) is 0. The minimum atomic E-state index is 0.683. The van der Waals surface area contributed by atoms with Crippen LogP contribution in [-0.4, -0.2) is 0 Å². The molecule has 0 aliphatic heterocycles. The van der Waals surface area contributed by atoms with E-state index in [0.717, 1.165) is 51.4 Å². The molecular formula is C114H138N5+5. The Balaban J connectivity index is 0.000000146.